The third-order valence-electron chi connectivity index (χ3n) is 12.3. The molecule has 0 spiro atoms. The summed E-state index contributed by atoms with van der Waals surface area (Å²) in [5.41, 5.74) is 6.97. The Hall–Kier alpha value is -3.93. The number of aromatic hydroxyl groups is 3. The lowest BCUT2D eigenvalue weighted by molar-refractivity contribution is 0.421. The molecule has 0 aliphatic heterocycles. The van der Waals surface area contributed by atoms with Gasteiger partial charge in [0.2, 0.25) is 0 Å². The van der Waals surface area contributed by atoms with E-state index in [0.29, 0.717) is 17.2 Å². The minimum Gasteiger partial charge on any atom is -0.507 e. The molecule has 0 saturated heterocycles. The molecule has 0 aliphatic carbocycles. The van der Waals surface area contributed by atoms with Gasteiger partial charge in [0.25, 0.3) is 0 Å². The summed E-state index contributed by atoms with van der Waals surface area (Å²) in [5.74, 6) is 2.71. The van der Waals surface area contributed by atoms with Crippen molar-refractivity contribution in [2.45, 2.75) is 215 Å². The molecule has 60 heavy (non-hydrogen) atoms. The lowest BCUT2D eigenvalue weighted by atomic mass is 9.76. The summed E-state index contributed by atoms with van der Waals surface area (Å²) in [4.78, 5) is 16.5. The van der Waals surface area contributed by atoms with Gasteiger partial charge in [-0.05, 0) is 102 Å². The van der Waals surface area contributed by atoms with Gasteiger partial charge in [-0.15, -0.1) is 0 Å². The molecule has 0 aliphatic rings. The number of nitrogens with zero attached hydrogens (tertiary/aromatic N) is 3. The van der Waals surface area contributed by atoms with Gasteiger partial charge in [0, 0.05) is 17.8 Å². The van der Waals surface area contributed by atoms with E-state index in [4.69, 9.17) is 15.0 Å². The van der Waals surface area contributed by atoms with Crippen molar-refractivity contribution in [3.05, 3.63) is 104 Å². The second-order valence-electron chi connectivity index (χ2n) is 23.7. The van der Waals surface area contributed by atoms with Crippen molar-refractivity contribution < 1.29 is 15.3 Å². The molecule has 0 radical (unpaired) electrons. The Morgan fingerprint density at radius 1 is 0.333 bits per heavy atom. The molecule has 0 fully saturated rings. The normalized spacial score (nSPS) is 14.9. The molecule has 4 rings (SSSR count). The van der Waals surface area contributed by atoms with Crippen molar-refractivity contribution >= 4 is 0 Å². The van der Waals surface area contributed by atoms with Crippen LogP contribution >= 0.6 is 0 Å². The van der Waals surface area contributed by atoms with Crippen LogP contribution in [0.2, 0.25) is 0 Å². The third kappa shape index (κ3) is 10.2. The molecule has 0 amide bonds. The molecular weight excluding hydrogens is 739 g/mol. The largest absolute Gasteiger partial charge is 0.507 e. The van der Waals surface area contributed by atoms with Crippen LogP contribution in [0.5, 0.6) is 17.2 Å². The maximum atomic E-state index is 11.7. The molecule has 4 aromatic rings. The van der Waals surface area contributed by atoms with Crippen LogP contribution in [0.4, 0.5) is 0 Å². The van der Waals surface area contributed by atoms with E-state index >= 15 is 0 Å². The van der Waals surface area contributed by atoms with Crippen LogP contribution in [0.25, 0.3) is 0 Å². The second kappa shape index (κ2) is 16.7. The monoisotopic (exact) mass is 820 g/mol. The molecule has 1 heterocycles. The van der Waals surface area contributed by atoms with E-state index in [0.717, 1.165) is 86.8 Å². The summed E-state index contributed by atoms with van der Waals surface area (Å²) in [6.45, 7) is 45.3. The first-order valence-electron chi connectivity index (χ1n) is 22.6. The lowest BCUT2D eigenvalue weighted by Crippen LogP contribution is -2.22. The number of hydrogen-bond acceptors (Lipinski definition) is 6. The highest BCUT2D eigenvalue weighted by molar-refractivity contribution is 5.54. The van der Waals surface area contributed by atoms with Crippen molar-refractivity contribution in [2.24, 2.45) is 0 Å². The molecule has 0 bridgehead atoms. The third-order valence-corrected chi connectivity index (χ3v) is 12.3. The Morgan fingerprint density at radius 2 is 0.483 bits per heavy atom. The molecule has 6 heteroatoms. The minimum atomic E-state index is -0.294. The van der Waals surface area contributed by atoms with Crippen LogP contribution in [0, 0.1) is 0 Å². The topological polar surface area (TPSA) is 99.4 Å². The summed E-state index contributed by atoms with van der Waals surface area (Å²) in [6, 6.07) is 13.0. The Kier molecular flexibility index (Phi) is 13.6. The number of phenolic OH excluding ortho intramolecular Hbond substituents is 3. The summed E-state index contributed by atoms with van der Waals surface area (Å²) in [5, 5.41) is 35.2. The van der Waals surface area contributed by atoms with E-state index < -0.39 is 0 Å². The molecule has 3 unspecified atom stereocenters. The fourth-order valence-corrected chi connectivity index (χ4v) is 8.60. The van der Waals surface area contributed by atoms with E-state index in [1.165, 1.54) is 0 Å². The summed E-state index contributed by atoms with van der Waals surface area (Å²) >= 11 is 0. The highest BCUT2D eigenvalue weighted by Gasteiger charge is 2.34. The first kappa shape index (κ1) is 48.7. The Bertz CT molecular complexity index is 1810. The smallest absolute Gasteiger partial charge is 0.140 e. The van der Waals surface area contributed by atoms with Crippen molar-refractivity contribution in [3.63, 3.8) is 0 Å². The molecule has 1 aromatic heterocycles. The first-order chi connectivity index (χ1) is 27.2. The zero-order valence-electron chi connectivity index (χ0n) is 41.5. The quantitative estimate of drug-likeness (QED) is 0.156. The summed E-state index contributed by atoms with van der Waals surface area (Å²) in [6.07, 6.45) is 2.24. The van der Waals surface area contributed by atoms with Gasteiger partial charge in [-0.2, -0.15) is 0 Å². The second-order valence-corrected chi connectivity index (χ2v) is 23.7. The summed E-state index contributed by atoms with van der Waals surface area (Å²) in [7, 11) is 0. The number of benzene rings is 3. The van der Waals surface area contributed by atoms with Gasteiger partial charge in [0.15, 0.2) is 0 Å². The van der Waals surface area contributed by atoms with Crippen molar-refractivity contribution in [3.8, 4) is 17.2 Å². The number of aromatic nitrogens is 3. The highest BCUT2D eigenvalue weighted by Crippen LogP contribution is 2.46. The fraction of sp³-hybridized carbons (Fsp3) is 0.611. The van der Waals surface area contributed by atoms with Crippen LogP contribution in [-0.2, 0) is 32.5 Å². The molecular formula is C54H81N3O3. The predicted molar refractivity (Wildman–Crippen MR) is 253 cm³/mol. The van der Waals surface area contributed by atoms with Gasteiger partial charge >= 0.3 is 0 Å². The van der Waals surface area contributed by atoms with Crippen molar-refractivity contribution in [2.75, 3.05) is 0 Å². The first-order valence-corrected chi connectivity index (χ1v) is 22.6. The molecule has 3 aromatic carbocycles. The van der Waals surface area contributed by atoms with Crippen LogP contribution in [0.1, 0.15) is 250 Å². The van der Waals surface area contributed by atoms with Gasteiger partial charge in [0.1, 0.15) is 34.7 Å². The molecule has 3 N–H and O–H groups in total. The van der Waals surface area contributed by atoms with Gasteiger partial charge in [-0.25, -0.2) is 15.0 Å². The van der Waals surface area contributed by atoms with E-state index in [-0.39, 0.29) is 50.2 Å². The number of phenols is 3. The minimum absolute atomic E-state index is 0.173. The zero-order valence-corrected chi connectivity index (χ0v) is 41.5. The maximum Gasteiger partial charge on any atom is 0.140 e. The molecule has 6 nitrogen and oxygen atoms in total. The van der Waals surface area contributed by atoms with Crippen molar-refractivity contribution in [1.82, 2.24) is 15.0 Å². The maximum absolute atomic E-state index is 11.7. The average Bonchev–Trinajstić information content (AvgIpc) is 3.07. The summed E-state index contributed by atoms with van der Waals surface area (Å²) < 4.78 is 0. The molecule has 330 valence electrons. The van der Waals surface area contributed by atoms with E-state index in [1.807, 2.05) is 0 Å². The van der Waals surface area contributed by atoms with Crippen LogP contribution < -0.4 is 0 Å². The SMILES string of the molecule is CCC(c1cc(C(C)(C)C)c(O)c(C(C)(C)C)c1)c1nc(C(CC)c2cc(C(C)(C)C)c(O)c(C(C)(C)C)c2)nc(C(CC)c2cc(C(C)(C)C)c(O)c(C(C)(C)C)c2)n1. The van der Waals surface area contributed by atoms with Crippen molar-refractivity contribution in [1.29, 1.82) is 0 Å². The van der Waals surface area contributed by atoms with Crippen LogP contribution in [0.15, 0.2) is 36.4 Å². The van der Waals surface area contributed by atoms with Gasteiger partial charge in [-0.3, -0.25) is 0 Å². The standard InChI is InChI=1S/C54H81N3O3/c1-22-34(31-25-37(49(4,5)6)43(58)38(26-31)50(7,8)9)46-55-47(35(23-2)32-27-39(51(10,11)12)44(59)40(28-32)52(13,14)15)57-48(56-46)36(24-3)33-29-41(53(16,17)18)45(60)42(30-33)54(19,20)21/h25-30,34-36,58-60H,22-24H2,1-21H3. The Balaban J connectivity index is 2.19. The average molecular weight is 820 g/mol. The highest BCUT2D eigenvalue weighted by atomic mass is 16.3. The zero-order chi connectivity index (χ0) is 45.9. The van der Waals surface area contributed by atoms with Gasteiger partial charge < -0.3 is 15.3 Å². The van der Waals surface area contributed by atoms with Crippen LogP contribution in [0.3, 0.4) is 0 Å². The number of rotatable bonds is 9. The molecule has 0 saturated carbocycles. The van der Waals surface area contributed by atoms with Gasteiger partial charge in [0.05, 0.1) is 0 Å². The Morgan fingerprint density at radius 3 is 0.600 bits per heavy atom. The van der Waals surface area contributed by atoms with E-state index in [1.54, 1.807) is 0 Å². The van der Waals surface area contributed by atoms with E-state index in [9.17, 15) is 15.3 Å². The number of hydrogen-bond donors (Lipinski definition) is 3. The fourth-order valence-electron chi connectivity index (χ4n) is 8.60. The molecule has 3 atom stereocenters. The van der Waals surface area contributed by atoms with Gasteiger partial charge in [-0.1, -0.05) is 182 Å². The van der Waals surface area contributed by atoms with Crippen LogP contribution in [-0.4, -0.2) is 30.3 Å². The predicted octanol–water partition coefficient (Wildman–Crippen LogP) is 14.4. The Labute approximate surface area is 365 Å². The van der Waals surface area contributed by atoms with E-state index in [2.05, 4.69) is 182 Å². The lowest BCUT2D eigenvalue weighted by Gasteiger charge is -2.31.